The van der Waals surface area contributed by atoms with Crippen LogP contribution in [-0.4, -0.2) is 23.1 Å². The number of benzene rings is 2. The summed E-state index contributed by atoms with van der Waals surface area (Å²) < 4.78 is 28.8. The largest absolute Gasteiger partial charge is 0.435 e. The predicted octanol–water partition coefficient (Wildman–Crippen LogP) is 4.92. The van der Waals surface area contributed by atoms with E-state index in [1.165, 1.54) is 12.1 Å². The minimum absolute atomic E-state index is 0.103. The highest BCUT2D eigenvalue weighted by Gasteiger charge is 2.08. The van der Waals surface area contributed by atoms with E-state index in [-0.39, 0.29) is 5.75 Å². The number of ether oxygens (including phenoxy) is 1. The van der Waals surface area contributed by atoms with Crippen molar-refractivity contribution in [2.24, 2.45) is 0 Å². The van der Waals surface area contributed by atoms with Crippen molar-refractivity contribution in [3.05, 3.63) is 60.7 Å². The zero-order chi connectivity index (χ0) is 18.4. The summed E-state index contributed by atoms with van der Waals surface area (Å²) in [5, 5.41) is 6.27. The molecule has 0 radical (unpaired) electrons. The Morgan fingerprint density at radius 1 is 1.00 bits per heavy atom. The average molecular weight is 356 g/mol. The monoisotopic (exact) mass is 356 g/mol. The normalized spacial score (nSPS) is 10.6. The molecule has 0 unspecified atom stereocenters. The van der Waals surface area contributed by atoms with E-state index in [2.05, 4.69) is 25.3 Å². The van der Waals surface area contributed by atoms with Crippen molar-refractivity contribution in [2.75, 3.05) is 17.2 Å². The van der Waals surface area contributed by atoms with Crippen LogP contribution in [0.3, 0.4) is 0 Å². The van der Waals surface area contributed by atoms with E-state index in [9.17, 15) is 8.78 Å². The van der Waals surface area contributed by atoms with Gasteiger partial charge in [0.05, 0.1) is 5.69 Å². The summed E-state index contributed by atoms with van der Waals surface area (Å²) >= 11 is 0. The van der Waals surface area contributed by atoms with Gasteiger partial charge in [-0.25, -0.2) is 4.98 Å². The van der Waals surface area contributed by atoms with E-state index in [0.717, 1.165) is 11.3 Å². The molecule has 2 aromatic carbocycles. The number of nitrogens with one attached hydrogen (secondary N) is 2. The standard InChI is InChI=1S/C19H18F2N4O/c1-2-22-19-24-16(13-6-4-3-5-7-13)12-17(25-19)23-14-8-10-15(11-9-14)26-18(20)21/h3-12,18H,2H2,1H3,(H2,22,23,24,25). The number of anilines is 3. The Kier molecular flexibility index (Phi) is 5.58. The summed E-state index contributed by atoms with van der Waals surface area (Å²) in [4.78, 5) is 8.95. The van der Waals surface area contributed by atoms with Gasteiger partial charge in [-0.15, -0.1) is 0 Å². The minimum atomic E-state index is -2.84. The molecular weight excluding hydrogens is 338 g/mol. The Labute approximate surface area is 150 Å². The highest BCUT2D eigenvalue weighted by atomic mass is 19.3. The van der Waals surface area contributed by atoms with E-state index in [1.54, 1.807) is 12.1 Å². The van der Waals surface area contributed by atoms with Crippen LogP contribution in [0.5, 0.6) is 5.75 Å². The van der Waals surface area contributed by atoms with Crippen LogP contribution in [0.25, 0.3) is 11.3 Å². The molecule has 0 aliphatic heterocycles. The van der Waals surface area contributed by atoms with Crippen LogP contribution in [0.2, 0.25) is 0 Å². The molecule has 1 heterocycles. The first kappa shape index (κ1) is 17.6. The molecule has 1 aromatic heterocycles. The third kappa shape index (κ3) is 4.66. The molecule has 0 amide bonds. The van der Waals surface area contributed by atoms with Gasteiger partial charge in [-0.2, -0.15) is 13.8 Å². The van der Waals surface area contributed by atoms with E-state index < -0.39 is 6.61 Å². The molecule has 3 rings (SSSR count). The van der Waals surface area contributed by atoms with Gasteiger partial charge in [-0.05, 0) is 31.2 Å². The fourth-order valence-corrected chi connectivity index (χ4v) is 2.37. The first-order valence-electron chi connectivity index (χ1n) is 8.14. The number of aromatic nitrogens is 2. The van der Waals surface area contributed by atoms with Crippen LogP contribution in [0.1, 0.15) is 6.92 Å². The van der Waals surface area contributed by atoms with Gasteiger partial charge in [0.1, 0.15) is 11.6 Å². The maximum absolute atomic E-state index is 12.2. The van der Waals surface area contributed by atoms with Crippen LogP contribution in [0.15, 0.2) is 60.7 Å². The molecule has 5 nitrogen and oxygen atoms in total. The first-order valence-corrected chi connectivity index (χ1v) is 8.14. The maximum atomic E-state index is 12.2. The van der Waals surface area contributed by atoms with Crippen LogP contribution in [-0.2, 0) is 0 Å². The van der Waals surface area contributed by atoms with E-state index in [4.69, 9.17) is 0 Å². The van der Waals surface area contributed by atoms with Crippen molar-refractivity contribution < 1.29 is 13.5 Å². The SMILES string of the molecule is CCNc1nc(Nc2ccc(OC(F)F)cc2)cc(-c2ccccc2)n1. The van der Waals surface area contributed by atoms with E-state index in [1.807, 2.05) is 43.3 Å². The lowest BCUT2D eigenvalue weighted by Crippen LogP contribution is -2.05. The highest BCUT2D eigenvalue weighted by Crippen LogP contribution is 2.25. The highest BCUT2D eigenvalue weighted by molar-refractivity contribution is 5.67. The zero-order valence-electron chi connectivity index (χ0n) is 14.1. The lowest BCUT2D eigenvalue weighted by molar-refractivity contribution is -0.0498. The molecule has 0 aliphatic rings. The lowest BCUT2D eigenvalue weighted by atomic mass is 10.1. The number of rotatable bonds is 7. The Balaban J connectivity index is 1.85. The molecule has 2 N–H and O–H groups in total. The molecule has 0 aliphatic carbocycles. The molecule has 0 spiro atoms. The third-order valence-electron chi connectivity index (χ3n) is 3.48. The van der Waals surface area contributed by atoms with E-state index >= 15 is 0 Å². The summed E-state index contributed by atoms with van der Waals surface area (Å²) in [6, 6.07) is 17.8. The molecule has 26 heavy (non-hydrogen) atoms. The van der Waals surface area contributed by atoms with Crippen molar-refractivity contribution in [1.82, 2.24) is 9.97 Å². The van der Waals surface area contributed by atoms with Gasteiger partial charge in [0.25, 0.3) is 0 Å². The van der Waals surface area contributed by atoms with Gasteiger partial charge in [0, 0.05) is 23.9 Å². The molecule has 0 atom stereocenters. The Morgan fingerprint density at radius 2 is 1.73 bits per heavy atom. The van der Waals surface area contributed by atoms with Gasteiger partial charge in [0.2, 0.25) is 5.95 Å². The molecule has 0 saturated heterocycles. The summed E-state index contributed by atoms with van der Waals surface area (Å²) in [5.74, 6) is 1.21. The Bertz CT molecular complexity index is 842. The molecule has 0 fully saturated rings. The summed E-state index contributed by atoms with van der Waals surface area (Å²) in [6.45, 7) is -0.183. The Hall–Kier alpha value is -3.22. The Morgan fingerprint density at radius 3 is 2.38 bits per heavy atom. The van der Waals surface area contributed by atoms with Crippen LogP contribution in [0, 0.1) is 0 Å². The third-order valence-corrected chi connectivity index (χ3v) is 3.48. The van der Waals surface area contributed by atoms with Crippen molar-refractivity contribution >= 4 is 17.5 Å². The van der Waals surface area contributed by atoms with Crippen molar-refractivity contribution in [2.45, 2.75) is 13.5 Å². The first-order chi connectivity index (χ1) is 12.6. The minimum Gasteiger partial charge on any atom is -0.435 e. The quantitative estimate of drug-likeness (QED) is 0.629. The number of hydrogen-bond acceptors (Lipinski definition) is 5. The molecule has 7 heteroatoms. The van der Waals surface area contributed by atoms with Gasteiger partial charge in [-0.1, -0.05) is 30.3 Å². The number of hydrogen-bond donors (Lipinski definition) is 2. The van der Waals surface area contributed by atoms with Crippen LogP contribution < -0.4 is 15.4 Å². The molecule has 0 bridgehead atoms. The fraction of sp³-hybridized carbons (Fsp3) is 0.158. The second-order valence-corrected chi connectivity index (χ2v) is 5.39. The summed E-state index contributed by atoms with van der Waals surface area (Å²) in [5.41, 5.74) is 2.45. The van der Waals surface area contributed by atoms with E-state index in [0.29, 0.717) is 24.0 Å². The van der Waals surface area contributed by atoms with Crippen molar-refractivity contribution in [3.8, 4) is 17.0 Å². The van der Waals surface area contributed by atoms with Gasteiger partial charge < -0.3 is 15.4 Å². The molecule has 0 saturated carbocycles. The van der Waals surface area contributed by atoms with Gasteiger partial charge >= 0.3 is 6.61 Å². The fourth-order valence-electron chi connectivity index (χ4n) is 2.37. The van der Waals surface area contributed by atoms with Crippen molar-refractivity contribution in [3.63, 3.8) is 0 Å². The molecule has 134 valence electrons. The lowest BCUT2D eigenvalue weighted by Gasteiger charge is -2.11. The van der Waals surface area contributed by atoms with Crippen LogP contribution >= 0.6 is 0 Å². The second-order valence-electron chi connectivity index (χ2n) is 5.39. The molecule has 3 aromatic rings. The van der Waals surface area contributed by atoms with Gasteiger partial charge in [0.15, 0.2) is 0 Å². The zero-order valence-corrected chi connectivity index (χ0v) is 14.1. The number of alkyl halides is 2. The molecular formula is C19H18F2N4O. The average Bonchev–Trinajstić information content (AvgIpc) is 2.64. The number of halogens is 2. The topological polar surface area (TPSA) is 59.1 Å². The summed E-state index contributed by atoms with van der Waals surface area (Å²) in [7, 11) is 0. The maximum Gasteiger partial charge on any atom is 0.387 e. The van der Waals surface area contributed by atoms with Crippen LogP contribution in [0.4, 0.5) is 26.2 Å². The van der Waals surface area contributed by atoms with Gasteiger partial charge in [-0.3, -0.25) is 0 Å². The predicted molar refractivity (Wildman–Crippen MR) is 98.0 cm³/mol. The summed E-state index contributed by atoms with van der Waals surface area (Å²) in [6.07, 6.45) is 0. The second kappa shape index (κ2) is 8.24. The number of nitrogens with zero attached hydrogens (tertiary/aromatic N) is 2. The smallest absolute Gasteiger partial charge is 0.387 e. The van der Waals surface area contributed by atoms with Crippen molar-refractivity contribution in [1.29, 1.82) is 0 Å².